The van der Waals surface area contributed by atoms with Gasteiger partial charge in [0.2, 0.25) is 5.91 Å². The molecule has 5 nitrogen and oxygen atoms in total. The molecule has 3 atom stereocenters. The van der Waals surface area contributed by atoms with Crippen LogP contribution in [-0.2, 0) is 11.2 Å². The van der Waals surface area contributed by atoms with Crippen molar-refractivity contribution in [1.82, 2.24) is 21.1 Å². The molecular weight excluding hydrogens is 276 g/mol. The van der Waals surface area contributed by atoms with Crippen LogP contribution in [0.1, 0.15) is 31.0 Å². The summed E-state index contributed by atoms with van der Waals surface area (Å²) in [5.74, 6) is 0.284. The molecule has 2 heterocycles. The first-order valence-corrected chi connectivity index (χ1v) is 8.29. The van der Waals surface area contributed by atoms with Crippen LogP contribution in [-0.4, -0.2) is 43.0 Å². The number of nitrogens with zero attached hydrogens (tertiary/aromatic N) is 1. The zero-order chi connectivity index (χ0) is 15.5. The summed E-state index contributed by atoms with van der Waals surface area (Å²) in [5, 5.41) is 3.42. The van der Waals surface area contributed by atoms with Gasteiger partial charge < -0.3 is 10.2 Å². The van der Waals surface area contributed by atoms with E-state index >= 15 is 0 Å². The molecule has 120 valence electrons. The summed E-state index contributed by atoms with van der Waals surface area (Å²) in [6.07, 6.45) is 1.04. The molecule has 2 fully saturated rings. The zero-order valence-electron chi connectivity index (χ0n) is 13.4. The number of benzene rings is 1. The Labute approximate surface area is 132 Å². The summed E-state index contributed by atoms with van der Waals surface area (Å²) in [7, 11) is 0. The average Bonchev–Trinajstić information content (AvgIpc) is 3.00. The number of nitrogens with one attached hydrogen (secondary N) is 3. The maximum absolute atomic E-state index is 12.9. The number of amides is 1. The maximum atomic E-state index is 12.9. The average molecular weight is 302 g/mol. The lowest BCUT2D eigenvalue weighted by Gasteiger charge is -2.38. The lowest BCUT2D eigenvalue weighted by molar-refractivity contribution is -0.138. The van der Waals surface area contributed by atoms with Crippen molar-refractivity contribution >= 4 is 5.91 Å². The summed E-state index contributed by atoms with van der Waals surface area (Å²) in [4.78, 5) is 15.0. The van der Waals surface area contributed by atoms with E-state index in [0.29, 0.717) is 6.54 Å². The Balaban J connectivity index is 1.79. The van der Waals surface area contributed by atoms with E-state index in [2.05, 4.69) is 59.2 Å². The van der Waals surface area contributed by atoms with E-state index in [9.17, 15) is 4.79 Å². The highest BCUT2D eigenvalue weighted by Gasteiger charge is 2.36. The molecule has 2 aliphatic rings. The van der Waals surface area contributed by atoms with Crippen LogP contribution in [0.3, 0.4) is 0 Å². The molecular formula is C17H26N4O. The first kappa shape index (κ1) is 15.5. The lowest BCUT2D eigenvalue weighted by atomic mass is 9.96. The van der Waals surface area contributed by atoms with E-state index in [-0.39, 0.29) is 23.9 Å². The highest BCUT2D eigenvalue weighted by Crippen LogP contribution is 2.25. The number of hydrogen-bond donors (Lipinski definition) is 3. The van der Waals surface area contributed by atoms with Crippen molar-refractivity contribution in [3.63, 3.8) is 0 Å². The van der Waals surface area contributed by atoms with Crippen molar-refractivity contribution in [2.24, 2.45) is 5.92 Å². The summed E-state index contributed by atoms with van der Waals surface area (Å²) in [6.45, 7) is 7.42. The normalized spacial score (nSPS) is 28.8. The Morgan fingerprint density at radius 3 is 2.68 bits per heavy atom. The second-order valence-corrected chi connectivity index (χ2v) is 6.27. The third kappa shape index (κ3) is 3.02. The van der Waals surface area contributed by atoms with Gasteiger partial charge in [0.15, 0.2) is 0 Å². The van der Waals surface area contributed by atoms with E-state index < -0.39 is 0 Å². The number of hydrazine groups is 1. The fraction of sp³-hybridized carbons (Fsp3) is 0.588. The molecule has 22 heavy (non-hydrogen) atoms. The van der Waals surface area contributed by atoms with Gasteiger partial charge in [0, 0.05) is 32.2 Å². The minimum absolute atomic E-state index is 0.0236. The highest BCUT2D eigenvalue weighted by atomic mass is 16.2. The third-order valence-corrected chi connectivity index (χ3v) is 4.87. The van der Waals surface area contributed by atoms with Crippen LogP contribution in [0.25, 0.3) is 0 Å². The van der Waals surface area contributed by atoms with Gasteiger partial charge in [-0.3, -0.25) is 15.6 Å². The monoisotopic (exact) mass is 302 g/mol. The molecule has 3 unspecified atom stereocenters. The van der Waals surface area contributed by atoms with Crippen LogP contribution in [0.2, 0.25) is 0 Å². The molecule has 3 rings (SSSR count). The van der Waals surface area contributed by atoms with E-state index in [0.717, 1.165) is 26.1 Å². The highest BCUT2D eigenvalue weighted by molar-refractivity contribution is 5.80. The van der Waals surface area contributed by atoms with Crippen LogP contribution in [0.15, 0.2) is 24.3 Å². The number of hydrogen-bond acceptors (Lipinski definition) is 4. The summed E-state index contributed by atoms with van der Waals surface area (Å²) >= 11 is 0. The molecule has 0 saturated carbocycles. The summed E-state index contributed by atoms with van der Waals surface area (Å²) in [6, 6.07) is 9.02. The number of aryl methyl sites for hydroxylation is 1. The Bertz CT molecular complexity index is 516. The number of rotatable bonds is 3. The second-order valence-electron chi connectivity index (χ2n) is 6.27. The van der Waals surface area contributed by atoms with Crippen molar-refractivity contribution in [2.75, 3.05) is 26.2 Å². The van der Waals surface area contributed by atoms with Crippen molar-refractivity contribution in [3.05, 3.63) is 35.4 Å². The van der Waals surface area contributed by atoms with Crippen molar-refractivity contribution in [2.45, 2.75) is 32.4 Å². The molecule has 0 spiro atoms. The van der Waals surface area contributed by atoms with Gasteiger partial charge in [-0.05, 0) is 24.5 Å². The van der Waals surface area contributed by atoms with Gasteiger partial charge in [-0.1, -0.05) is 31.2 Å². The molecule has 0 radical (unpaired) electrons. The van der Waals surface area contributed by atoms with E-state index in [1.807, 2.05) is 0 Å². The van der Waals surface area contributed by atoms with Crippen LogP contribution < -0.4 is 16.2 Å². The molecule has 2 saturated heterocycles. The molecule has 1 aromatic rings. The molecule has 5 heteroatoms. The fourth-order valence-electron chi connectivity index (χ4n) is 3.36. The van der Waals surface area contributed by atoms with Crippen molar-refractivity contribution < 1.29 is 4.79 Å². The van der Waals surface area contributed by atoms with Crippen molar-refractivity contribution in [3.8, 4) is 0 Å². The summed E-state index contributed by atoms with van der Waals surface area (Å²) in [5.41, 5.74) is 8.81. The third-order valence-electron chi connectivity index (χ3n) is 4.87. The largest absolute Gasteiger partial charge is 0.333 e. The minimum Gasteiger partial charge on any atom is -0.333 e. The predicted molar refractivity (Wildman–Crippen MR) is 87.2 cm³/mol. The van der Waals surface area contributed by atoms with Gasteiger partial charge in [0.1, 0.15) is 0 Å². The lowest BCUT2D eigenvalue weighted by Crippen LogP contribution is -2.52. The quantitative estimate of drug-likeness (QED) is 0.774. The molecule has 0 aromatic heterocycles. The first-order chi connectivity index (χ1) is 10.7. The Morgan fingerprint density at radius 1 is 1.27 bits per heavy atom. The van der Waals surface area contributed by atoms with Crippen LogP contribution in [0.5, 0.6) is 0 Å². The SMILES string of the molecule is CCc1ccc(C2CNCCN2C(=O)C2CNNC2C)cc1. The maximum Gasteiger partial charge on any atom is 0.229 e. The van der Waals surface area contributed by atoms with Gasteiger partial charge in [0.05, 0.1) is 12.0 Å². The molecule has 0 aliphatic carbocycles. The fourth-order valence-corrected chi connectivity index (χ4v) is 3.36. The molecule has 1 amide bonds. The van der Waals surface area contributed by atoms with Gasteiger partial charge in [0.25, 0.3) is 0 Å². The zero-order valence-corrected chi connectivity index (χ0v) is 13.4. The van der Waals surface area contributed by atoms with E-state index in [4.69, 9.17) is 0 Å². The molecule has 0 bridgehead atoms. The molecule has 3 N–H and O–H groups in total. The Kier molecular flexibility index (Phi) is 4.76. The van der Waals surface area contributed by atoms with Gasteiger partial charge in [-0.15, -0.1) is 0 Å². The second kappa shape index (κ2) is 6.77. The van der Waals surface area contributed by atoms with E-state index in [1.54, 1.807) is 0 Å². The summed E-state index contributed by atoms with van der Waals surface area (Å²) < 4.78 is 0. The van der Waals surface area contributed by atoms with Crippen LogP contribution in [0, 0.1) is 5.92 Å². The number of piperazine rings is 1. The smallest absolute Gasteiger partial charge is 0.229 e. The van der Waals surface area contributed by atoms with Crippen LogP contribution >= 0.6 is 0 Å². The van der Waals surface area contributed by atoms with Gasteiger partial charge in [-0.2, -0.15) is 0 Å². The number of carbonyl (C=O) groups is 1. The predicted octanol–water partition coefficient (Wildman–Crippen LogP) is 0.834. The Morgan fingerprint density at radius 2 is 2.05 bits per heavy atom. The standard InChI is InChI=1S/C17H26N4O/c1-3-13-4-6-14(7-5-13)16-11-18-8-9-21(16)17(22)15-10-19-20-12(15)2/h4-7,12,15-16,18-20H,3,8-11H2,1-2H3. The minimum atomic E-state index is 0.0236. The number of carbonyl (C=O) groups excluding carboxylic acids is 1. The Hall–Kier alpha value is -1.43. The van der Waals surface area contributed by atoms with E-state index in [1.165, 1.54) is 11.1 Å². The van der Waals surface area contributed by atoms with Gasteiger partial charge >= 0.3 is 0 Å². The van der Waals surface area contributed by atoms with Crippen LogP contribution in [0.4, 0.5) is 0 Å². The van der Waals surface area contributed by atoms with Gasteiger partial charge in [-0.25, -0.2) is 0 Å². The first-order valence-electron chi connectivity index (χ1n) is 8.29. The topological polar surface area (TPSA) is 56.4 Å². The molecule has 2 aliphatic heterocycles. The van der Waals surface area contributed by atoms with Crippen molar-refractivity contribution in [1.29, 1.82) is 0 Å². The molecule has 1 aromatic carbocycles.